The number of rotatable bonds is 6. The van der Waals surface area contributed by atoms with Crippen LogP contribution in [0.4, 0.5) is 5.69 Å². The first-order chi connectivity index (χ1) is 13.2. The second kappa shape index (κ2) is 8.40. The van der Waals surface area contributed by atoms with Crippen LogP contribution in [-0.4, -0.2) is 26.6 Å². The summed E-state index contributed by atoms with van der Waals surface area (Å²) in [7, 11) is 0. The minimum absolute atomic E-state index is 0.0408. The molecule has 2 amide bonds. The Hall–Kier alpha value is -3.99. The van der Waals surface area contributed by atoms with Crippen LogP contribution in [0.2, 0.25) is 0 Å². The van der Waals surface area contributed by atoms with E-state index in [1.54, 1.807) is 24.3 Å². The molecule has 0 bridgehead atoms. The molecule has 0 saturated carbocycles. The van der Waals surface area contributed by atoms with Crippen molar-refractivity contribution >= 4 is 17.5 Å². The smallest absolute Gasteiger partial charge is 0.253 e. The van der Waals surface area contributed by atoms with E-state index in [0.29, 0.717) is 17.8 Å². The van der Waals surface area contributed by atoms with E-state index in [0.717, 1.165) is 5.56 Å². The summed E-state index contributed by atoms with van der Waals surface area (Å²) in [5.74, 6) is -0.648. The van der Waals surface area contributed by atoms with Crippen LogP contribution in [0.3, 0.4) is 0 Å². The number of nitrogens with one attached hydrogen (secondary N) is 2. The van der Waals surface area contributed by atoms with Gasteiger partial charge in [0.1, 0.15) is 18.9 Å². The summed E-state index contributed by atoms with van der Waals surface area (Å²) < 4.78 is 1.33. The number of para-hydroxylation sites is 1. The topological polar surface area (TPSA) is 113 Å². The Morgan fingerprint density at radius 3 is 2.59 bits per heavy atom. The highest BCUT2D eigenvalue weighted by atomic mass is 16.2. The molecule has 0 aliphatic carbocycles. The lowest BCUT2D eigenvalue weighted by Gasteiger charge is -2.12. The predicted molar refractivity (Wildman–Crippen MR) is 97.4 cm³/mol. The lowest BCUT2D eigenvalue weighted by Crippen LogP contribution is -2.26. The molecule has 0 atom stereocenters. The predicted octanol–water partition coefficient (Wildman–Crippen LogP) is 1.72. The van der Waals surface area contributed by atoms with Crippen LogP contribution in [0, 0.1) is 11.3 Å². The van der Waals surface area contributed by atoms with Gasteiger partial charge in [0, 0.05) is 6.54 Å². The molecular weight excluding hydrogens is 344 g/mol. The standard InChI is InChI=1S/C19H16N6O2/c20-10-17-24-22-13-25(17)12-18(26)23-16-9-5-4-8-15(16)19(27)21-11-14-6-2-1-3-7-14/h1-9,13H,11-12H2,(H,21,27)(H,23,26). The number of nitrogens with zero attached hydrogens (tertiary/aromatic N) is 4. The summed E-state index contributed by atoms with van der Waals surface area (Å²) in [6.07, 6.45) is 1.30. The van der Waals surface area contributed by atoms with E-state index in [1.165, 1.54) is 10.9 Å². The Morgan fingerprint density at radius 1 is 1.07 bits per heavy atom. The fraction of sp³-hybridized carbons (Fsp3) is 0.105. The van der Waals surface area contributed by atoms with Gasteiger partial charge in [0.05, 0.1) is 11.3 Å². The van der Waals surface area contributed by atoms with Crippen LogP contribution < -0.4 is 10.6 Å². The van der Waals surface area contributed by atoms with Crippen molar-refractivity contribution in [1.29, 1.82) is 5.26 Å². The third kappa shape index (κ3) is 4.55. The SMILES string of the molecule is N#Cc1nncn1CC(=O)Nc1ccccc1C(=O)NCc1ccccc1. The van der Waals surface area contributed by atoms with Crippen LogP contribution in [0.5, 0.6) is 0 Å². The molecule has 0 unspecified atom stereocenters. The van der Waals surface area contributed by atoms with E-state index in [1.807, 2.05) is 36.4 Å². The highest BCUT2D eigenvalue weighted by Crippen LogP contribution is 2.15. The van der Waals surface area contributed by atoms with Gasteiger partial charge >= 0.3 is 0 Å². The summed E-state index contributed by atoms with van der Waals surface area (Å²) in [6, 6.07) is 18.1. The van der Waals surface area contributed by atoms with Crippen molar-refractivity contribution in [2.24, 2.45) is 0 Å². The van der Waals surface area contributed by atoms with Crippen LogP contribution in [0.1, 0.15) is 21.7 Å². The molecule has 0 spiro atoms. The largest absolute Gasteiger partial charge is 0.348 e. The molecule has 27 heavy (non-hydrogen) atoms. The van der Waals surface area contributed by atoms with Crippen LogP contribution in [-0.2, 0) is 17.9 Å². The lowest BCUT2D eigenvalue weighted by molar-refractivity contribution is -0.116. The Balaban J connectivity index is 1.67. The molecule has 2 aromatic carbocycles. The molecule has 0 aliphatic rings. The fourth-order valence-corrected chi connectivity index (χ4v) is 2.47. The zero-order valence-corrected chi connectivity index (χ0v) is 14.3. The van der Waals surface area contributed by atoms with Crippen molar-refractivity contribution < 1.29 is 9.59 Å². The number of anilines is 1. The maximum atomic E-state index is 12.5. The first kappa shape index (κ1) is 17.8. The van der Waals surface area contributed by atoms with Gasteiger partial charge in [-0.25, -0.2) is 0 Å². The molecule has 0 aliphatic heterocycles. The first-order valence-corrected chi connectivity index (χ1v) is 8.16. The van der Waals surface area contributed by atoms with Gasteiger partial charge in [-0.15, -0.1) is 10.2 Å². The zero-order chi connectivity index (χ0) is 19.1. The number of hydrogen-bond acceptors (Lipinski definition) is 5. The summed E-state index contributed by atoms with van der Waals surface area (Å²) in [6.45, 7) is 0.254. The second-order valence-corrected chi connectivity index (χ2v) is 5.66. The molecule has 134 valence electrons. The first-order valence-electron chi connectivity index (χ1n) is 8.16. The van der Waals surface area contributed by atoms with Gasteiger partial charge < -0.3 is 10.6 Å². The monoisotopic (exact) mass is 360 g/mol. The number of hydrogen-bond donors (Lipinski definition) is 2. The van der Waals surface area contributed by atoms with E-state index >= 15 is 0 Å². The van der Waals surface area contributed by atoms with Gasteiger partial charge in [-0.05, 0) is 17.7 Å². The van der Waals surface area contributed by atoms with Crippen LogP contribution >= 0.6 is 0 Å². The Labute approximate surface area is 155 Å². The molecule has 3 rings (SSSR count). The number of carbonyl (C=O) groups is 2. The molecule has 2 N–H and O–H groups in total. The highest BCUT2D eigenvalue weighted by molar-refractivity contribution is 6.03. The minimum atomic E-state index is -0.394. The molecule has 1 aromatic heterocycles. The highest BCUT2D eigenvalue weighted by Gasteiger charge is 2.14. The Morgan fingerprint density at radius 2 is 1.81 bits per heavy atom. The van der Waals surface area contributed by atoms with Crippen molar-refractivity contribution in [2.75, 3.05) is 5.32 Å². The average molecular weight is 360 g/mol. The van der Waals surface area contributed by atoms with Crippen LogP contribution in [0.15, 0.2) is 60.9 Å². The van der Waals surface area contributed by atoms with Gasteiger partial charge in [0.2, 0.25) is 11.7 Å². The van der Waals surface area contributed by atoms with E-state index in [9.17, 15) is 9.59 Å². The van der Waals surface area contributed by atoms with Gasteiger partial charge in [0.25, 0.3) is 5.91 Å². The molecule has 8 nitrogen and oxygen atoms in total. The van der Waals surface area contributed by atoms with Gasteiger partial charge in [-0.3, -0.25) is 14.2 Å². The normalized spacial score (nSPS) is 10.0. The van der Waals surface area contributed by atoms with E-state index in [2.05, 4.69) is 20.8 Å². The van der Waals surface area contributed by atoms with Crippen molar-refractivity contribution in [3.8, 4) is 6.07 Å². The number of nitriles is 1. The quantitative estimate of drug-likeness (QED) is 0.695. The maximum absolute atomic E-state index is 12.5. The summed E-state index contributed by atoms with van der Waals surface area (Å²) in [5.41, 5.74) is 1.72. The second-order valence-electron chi connectivity index (χ2n) is 5.66. The molecule has 0 radical (unpaired) electrons. The fourth-order valence-electron chi connectivity index (χ4n) is 2.47. The van der Waals surface area contributed by atoms with Crippen molar-refractivity contribution in [1.82, 2.24) is 20.1 Å². The molecule has 0 fully saturated rings. The van der Waals surface area contributed by atoms with Crippen molar-refractivity contribution in [2.45, 2.75) is 13.1 Å². The van der Waals surface area contributed by atoms with E-state index in [4.69, 9.17) is 5.26 Å². The van der Waals surface area contributed by atoms with Crippen molar-refractivity contribution in [3.05, 3.63) is 77.9 Å². The minimum Gasteiger partial charge on any atom is -0.348 e. The lowest BCUT2D eigenvalue weighted by atomic mass is 10.1. The molecule has 3 aromatic rings. The van der Waals surface area contributed by atoms with Gasteiger partial charge in [-0.2, -0.15) is 5.26 Å². The summed E-state index contributed by atoms with van der Waals surface area (Å²) >= 11 is 0. The van der Waals surface area contributed by atoms with Crippen LogP contribution in [0.25, 0.3) is 0 Å². The molecular formula is C19H16N6O2. The van der Waals surface area contributed by atoms with E-state index in [-0.39, 0.29) is 18.3 Å². The average Bonchev–Trinajstić information content (AvgIpc) is 3.14. The molecule has 8 heteroatoms. The van der Waals surface area contributed by atoms with Crippen molar-refractivity contribution in [3.63, 3.8) is 0 Å². The maximum Gasteiger partial charge on any atom is 0.253 e. The molecule has 0 saturated heterocycles. The summed E-state index contributed by atoms with van der Waals surface area (Å²) in [4.78, 5) is 24.8. The Bertz CT molecular complexity index is 991. The van der Waals surface area contributed by atoms with Gasteiger partial charge in [-0.1, -0.05) is 42.5 Å². The summed E-state index contributed by atoms with van der Waals surface area (Å²) in [5, 5.41) is 21.6. The third-order valence-electron chi connectivity index (χ3n) is 3.77. The Kier molecular flexibility index (Phi) is 5.54. The van der Waals surface area contributed by atoms with E-state index < -0.39 is 5.91 Å². The number of carbonyl (C=O) groups excluding carboxylic acids is 2. The zero-order valence-electron chi connectivity index (χ0n) is 14.3. The third-order valence-corrected chi connectivity index (χ3v) is 3.77. The van der Waals surface area contributed by atoms with Gasteiger partial charge in [0.15, 0.2) is 0 Å². The number of amides is 2. The number of aromatic nitrogens is 3. The number of benzene rings is 2. The molecule has 1 heterocycles.